The fraction of sp³-hybridized carbons (Fsp3) is 0.308. The summed E-state index contributed by atoms with van der Waals surface area (Å²) in [4.78, 5) is 11.3. The summed E-state index contributed by atoms with van der Waals surface area (Å²) < 4.78 is 1.98. The summed E-state index contributed by atoms with van der Waals surface area (Å²) in [5.74, 6) is 0.0598. The number of amides is 1. The Labute approximate surface area is 94.9 Å². The molecule has 16 heavy (non-hydrogen) atoms. The first-order valence-corrected chi connectivity index (χ1v) is 5.40. The quantitative estimate of drug-likeness (QED) is 0.823. The minimum atomic E-state index is -0.369. The smallest absolute Gasteiger partial charge is 0.250 e. The lowest BCUT2D eigenvalue weighted by molar-refractivity contribution is 0.100. The monoisotopic (exact) mass is 216 g/mol. The minimum absolute atomic E-state index is 0.369. The van der Waals surface area contributed by atoms with E-state index in [4.69, 9.17) is 5.73 Å². The number of hydrogen-bond donors (Lipinski definition) is 1. The van der Waals surface area contributed by atoms with Crippen molar-refractivity contribution >= 4 is 16.8 Å². The summed E-state index contributed by atoms with van der Waals surface area (Å²) in [6, 6.07) is 6.02. The van der Waals surface area contributed by atoms with Gasteiger partial charge in [0.2, 0.25) is 0 Å². The number of nitrogens with zero attached hydrogens (tertiary/aromatic N) is 1. The largest absolute Gasteiger partial charge is 0.366 e. The maximum atomic E-state index is 11.3. The van der Waals surface area contributed by atoms with Gasteiger partial charge in [-0.15, -0.1) is 0 Å². The molecule has 0 aliphatic carbocycles. The van der Waals surface area contributed by atoms with Crippen LogP contribution in [-0.4, -0.2) is 10.5 Å². The van der Waals surface area contributed by atoms with Crippen molar-refractivity contribution in [2.45, 2.75) is 19.8 Å². The van der Waals surface area contributed by atoms with Crippen molar-refractivity contribution in [3.8, 4) is 0 Å². The zero-order valence-electron chi connectivity index (χ0n) is 9.82. The summed E-state index contributed by atoms with van der Waals surface area (Å²) in [6.45, 7) is 4.29. The lowest BCUT2D eigenvalue weighted by atomic mass is 9.99. The molecule has 84 valence electrons. The van der Waals surface area contributed by atoms with Crippen molar-refractivity contribution in [2.24, 2.45) is 12.8 Å². The standard InChI is InChI=1S/C13H16N2O/c1-8(2)9-5-4-6-10-11(13(14)16)7-15(3)12(9)10/h4-8H,1-3H3,(H2,14,16). The molecule has 0 aliphatic heterocycles. The van der Waals surface area contributed by atoms with Crippen molar-refractivity contribution in [2.75, 3.05) is 0 Å². The maximum Gasteiger partial charge on any atom is 0.250 e. The molecule has 1 heterocycles. The Hall–Kier alpha value is -1.77. The van der Waals surface area contributed by atoms with E-state index in [1.165, 1.54) is 5.56 Å². The van der Waals surface area contributed by atoms with E-state index in [2.05, 4.69) is 19.9 Å². The molecule has 2 aromatic rings. The van der Waals surface area contributed by atoms with Gasteiger partial charge in [-0.1, -0.05) is 32.0 Å². The Bertz CT molecular complexity index is 552. The van der Waals surface area contributed by atoms with Gasteiger partial charge in [-0.05, 0) is 11.5 Å². The van der Waals surface area contributed by atoms with Crippen molar-refractivity contribution in [3.63, 3.8) is 0 Å². The van der Waals surface area contributed by atoms with Crippen LogP contribution >= 0.6 is 0 Å². The molecule has 3 heteroatoms. The van der Waals surface area contributed by atoms with Gasteiger partial charge in [-0.2, -0.15) is 0 Å². The SMILES string of the molecule is CC(C)c1cccc2c(C(N)=O)cn(C)c12. The second-order valence-electron chi connectivity index (χ2n) is 4.42. The normalized spacial score (nSPS) is 11.2. The highest BCUT2D eigenvalue weighted by Crippen LogP contribution is 2.28. The third kappa shape index (κ3) is 1.48. The third-order valence-corrected chi connectivity index (χ3v) is 2.92. The van der Waals surface area contributed by atoms with Gasteiger partial charge in [0.05, 0.1) is 11.1 Å². The van der Waals surface area contributed by atoms with Crippen LogP contribution in [0.1, 0.15) is 35.7 Å². The number of fused-ring (bicyclic) bond motifs is 1. The van der Waals surface area contributed by atoms with E-state index in [0.717, 1.165) is 10.9 Å². The number of carbonyl (C=O) groups is 1. The Morgan fingerprint density at radius 2 is 2.06 bits per heavy atom. The Morgan fingerprint density at radius 3 is 2.62 bits per heavy atom. The molecule has 0 spiro atoms. The van der Waals surface area contributed by atoms with Gasteiger partial charge in [0.15, 0.2) is 0 Å². The first kappa shape index (κ1) is 10.7. The van der Waals surface area contributed by atoms with Crippen molar-refractivity contribution < 1.29 is 4.79 Å². The Balaban J connectivity index is 2.84. The van der Waals surface area contributed by atoms with Gasteiger partial charge >= 0.3 is 0 Å². The van der Waals surface area contributed by atoms with E-state index in [-0.39, 0.29) is 5.91 Å². The number of aromatic nitrogens is 1. The molecule has 0 radical (unpaired) electrons. The highest BCUT2D eigenvalue weighted by molar-refractivity contribution is 6.07. The molecule has 2 N–H and O–H groups in total. The van der Waals surface area contributed by atoms with Crippen LogP contribution in [0.25, 0.3) is 10.9 Å². The average molecular weight is 216 g/mol. The zero-order chi connectivity index (χ0) is 11.9. The number of para-hydroxylation sites is 1. The molecule has 1 aromatic carbocycles. The van der Waals surface area contributed by atoms with Crippen LogP contribution in [0.2, 0.25) is 0 Å². The van der Waals surface area contributed by atoms with E-state index in [0.29, 0.717) is 11.5 Å². The van der Waals surface area contributed by atoms with Gasteiger partial charge in [0.1, 0.15) is 0 Å². The summed E-state index contributed by atoms with van der Waals surface area (Å²) >= 11 is 0. The summed E-state index contributed by atoms with van der Waals surface area (Å²) in [7, 11) is 1.95. The molecule has 0 atom stereocenters. The molecule has 0 saturated heterocycles. The molecule has 2 rings (SSSR count). The Morgan fingerprint density at radius 1 is 1.38 bits per heavy atom. The molecular weight excluding hydrogens is 200 g/mol. The topological polar surface area (TPSA) is 48.0 Å². The Kier molecular flexibility index (Phi) is 2.46. The van der Waals surface area contributed by atoms with Crippen LogP contribution in [-0.2, 0) is 7.05 Å². The first-order chi connectivity index (χ1) is 7.52. The van der Waals surface area contributed by atoms with Crippen molar-refractivity contribution in [1.82, 2.24) is 4.57 Å². The minimum Gasteiger partial charge on any atom is -0.366 e. The van der Waals surface area contributed by atoms with E-state index in [1.54, 1.807) is 6.20 Å². The second kappa shape index (κ2) is 3.67. The van der Waals surface area contributed by atoms with Gasteiger partial charge in [-0.3, -0.25) is 4.79 Å². The molecule has 0 aliphatic rings. The lowest BCUT2D eigenvalue weighted by Gasteiger charge is -2.09. The number of benzene rings is 1. The molecule has 1 aromatic heterocycles. The summed E-state index contributed by atoms with van der Waals surface area (Å²) in [6.07, 6.45) is 1.80. The maximum absolute atomic E-state index is 11.3. The predicted molar refractivity (Wildman–Crippen MR) is 65.5 cm³/mol. The predicted octanol–water partition coefficient (Wildman–Crippen LogP) is 2.40. The molecule has 0 saturated carbocycles. The van der Waals surface area contributed by atoms with Crippen LogP contribution in [0.15, 0.2) is 24.4 Å². The van der Waals surface area contributed by atoms with Gasteiger partial charge in [0.25, 0.3) is 5.91 Å². The highest BCUT2D eigenvalue weighted by atomic mass is 16.1. The van der Waals surface area contributed by atoms with E-state index < -0.39 is 0 Å². The fourth-order valence-electron chi connectivity index (χ4n) is 2.16. The number of rotatable bonds is 2. The van der Waals surface area contributed by atoms with Crippen molar-refractivity contribution in [3.05, 3.63) is 35.5 Å². The second-order valence-corrected chi connectivity index (χ2v) is 4.42. The summed E-state index contributed by atoms with van der Waals surface area (Å²) in [5.41, 5.74) is 8.31. The number of hydrogen-bond acceptors (Lipinski definition) is 1. The highest BCUT2D eigenvalue weighted by Gasteiger charge is 2.14. The van der Waals surface area contributed by atoms with Crippen molar-refractivity contribution in [1.29, 1.82) is 0 Å². The molecular formula is C13H16N2O. The fourth-order valence-corrected chi connectivity index (χ4v) is 2.16. The van der Waals surface area contributed by atoms with E-state index >= 15 is 0 Å². The number of nitrogens with two attached hydrogens (primary N) is 1. The molecule has 0 bridgehead atoms. The molecule has 0 fully saturated rings. The average Bonchev–Trinajstić information content (AvgIpc) is 2.56. The summed E-state index contributed by atoms with van der Waals surface area (Å²) in [5, 5.41) is 0.946. The van der Waals surface area contributed by atoms with E-state index in [9.17, 15) is 4.79 Å². The van der Waals surface area contributed by atoms with Crippen LogP contribution < -0.4 is 5.73 Å². The molecule has 0 unspecified atom stereocenters. The number of aryl methyl sites for hydroxylation is 1. The van der Waals surface area contributed by atoms with Gasteiger partial charge < -0.3 is 10.3 Å². The van der Waals surface area contributed by atoms with Gasteiger partial charge in [0, 0.05) is 18.6 Å². The number of carbonyl (C=O) groups excluding carboxylic acids is 1. The van der Waals surface area contributed by atoms with Crippen LogP contribution in [0.4, 0.5) is 0 Å². The first-order valence-electron chi connectivity index (χ1n) is 5.40. The molecule has 3 nitrogen and oxygen atoms in total. The lowest BCUT2D eigenvalue weighted by Crippen LogP contribution is -2.10. The number of primary amides is 1. The zero-order valence-corrected chi connectivity index (χ0v) is 9.82. The van der Waals surface area contributed by atoms with Crippen LogP contribution in [0.5, 0.6) is 0 Å². The molecule has 1 amide bonds. The van der Waals surface area contributed by atoms with E-state index in [1.807, 2.05) is 23.7 Å². The van der Waals surface area contributed by atoms with Gasteiger partial charge in [-0.25, -0.2) is 0 Å². The third-order valence-electron chi connectivity index (χ3n) is 2.92. The van der Waals surface area contributed by atoms with Crippen LogP contribution in [0, 0.1) is 0 Å². The van der Waals surface area contributed by atoms with Crippen LogP contribution in [0.3, 0.4) is 0 Å².